The average Bonchev–Trinajstić information content (AvgIpc) is 2.47. The van der Waals surface area contributed by atoms with Crippen molar-refractivity contribution in [3.8, 4) is 0 Å². The third-order valence-electron chi connectivity index (χ3n) is 3.96. The minimum absolute atomic E-state index is 0.165. The lowest BCUT2D eigenvalue weighted by Gasteiger charge is -2.14. The molecule has 0 spiro atoms. The van der Waals surface area contributed by atoms with Crippen LogP contribution in [0.5, 0.6) is 0 Å². The lowest BCUT2D eigenvalue weighted by molar-refractivity contribution is 0.0949. The number of rotatable bonds is 4. The molecule has 0 saturated heterocycles. The van der Waals surface area contributed by atoms with Crippen molar-refractivity contribution >= 4 is 17.5 Å². The van der Waals surface area contributed by atoms with Crippen LogP contribution in [0.4, 0.5) is 0 Å². The number of carbonyl (C=O) groups excluding carboxylic acids is 1. The number of pyridine rings is 1. The van der Waals surface area contributed by atoms with Gasteiger partial charge in [-0.3, -0.25) is 9.59 Å². The third kappa shape index (κ3) is 3.64. The van der Waals surface area contributed by atoms with Crippen molar-refractivity contribution in [3.63, 3.8) is 0 Å². The summed E-state index contributed by atoms with van der Waals surface area (Å²) in [6.07, 6.45) is 0.674. The van der Waals surface area contributed by atoms with Crippen LogP contribution in [0.15, 0.2) is 23.0 Å². The van der Waals surface area contributed by atoms with Crippen molar-refractivity contribution in [2.24, 2.45) is 0 Å². The molecular formula is C18H21ClN2O2. The highest BCUT2D eigenvalue weighted by Crippen LogP contribution is 2.24. The van der Waals surface area contributed by atoms with E-state index in [0.717, 1.165) is 22.4 Å². The first kappa shape index (κ1) is 17.3. The van der Waals surface area contributed by atoms with Crippen LogP contribution >= 0.6 is 11.6 Å². The van der Waals surface area contributed by atoms with Crippen LogP contribution in [-0.2, 0) is 13.0 Å². The Labute approximate surface area is 140 Å². The van der Waals surface area contributed by atoms with E-state index in [4.69, 9.17) is 11.6 Å². The summed E-state index contributed by atoms with van der Waals surface area (Å²) in [6, 6.07) is 5.53. The highest BCUT2D eigenvalue weighted by atomic mass is 35.5. The zero-order chi connectivity index (χ0) is 17.1. The van der Waals surface area contributed by atoms with E-state index in [9.17, 15) is 9.59 Å². The average molecular weight is 333 g/mol. The quantitative estimate of drug-likeness (QED) is 0.900. The Bertz CT molecular complexity index is 809. The van der Waals surface area contributed by atoms with Gasteiger partial charge in [0.2, 0.25) is 0 Å². The van der Waals surface area contributed by atoms with Crippen molar-refractivity contribution in [2.45, 2.75) is 40.7 Å². The molecule has 0 atom stereocenters. The highest BCUT2D eigenvalue weighted by molar-refractivity contribution is 6.32. The summed E-state index contributed by atoms with van der Waals surface area (Å²) < 4.78 is 0. The van der Waals surface area contributed by atoms with Crippen molar-refractivity contribution in [1.29, 1.82) is 0 Å². The molecule has 2 rings (SSSR count). The van der Waals surface area contributed by atoms with Gasteiger partial charge in [-0.15, -0.1) is 0 Å². The Morgan fingerprint density at radius 3 is 2.48 bits per heavy atom. The first-order chi connectivity index (χ1) is 10.8. The van der Waals surface area contributed by atoms with E-state index in [2.05, 4.69) is 10.3 Å². The van der Waals surface area contributed by atoms with Crippen LogP contribution in [0.25, 0.3) is 0 Å². The summed E-state index contributed by atoms with van der Waals surface area (Å²) in [4.78, 5) is 27.4. The van der Waals surface area contributed by atoms with Gasteiger partial charge in [0, 0.05) is 28.4 Å². The molecule has 2 aromatic rings. The maximum absolute atomic E-state index is 12.6. The smallest absolute Gasteiger partial charge is 0.253 e. The molecule has 0 aliphatic rings. The number of aryl methyl sites for hydroxylation is 3. The summed E-state index contributed by atoms with van der Waals surface area (Å²) in [5.74, 6) is -0.207. The maximum Gasteiger partial charge on any atom is 0.253 e. The first-order valence-corrected chi connectivity index (χ1v) is 7.98. The maximum atomic E-state index is 12.6. The fraction of sp³-hybridized carbons (Fsp3) is 0.333. The SMILES string of the molecule is CCc1c(Cl)ccc(C)c1C(=O)NCc1c(C)cc(C)[nH]c1=O. The fourth-order valence-electron chi connectivity index (χ4n) is 2.76. The van der Waals surface area contributed by atoms with Crippen molar-refractivity contribution < 1.29 is 4.79 Å². The molecule has 0 bridgehead atoms. The standard InChI is InChI=1S/C18H21ClN2O2/c1-5-13-15(19)7-6-10(2)16(13)18(23)20-9-14-11(3)8-12(4)21-17(14)22/h6-8H,5,9H2,1-4H3,(H,20,23)(H,21,22). The van der Waals surface area contributed by atoms with E-state index < -0.39 is 0 Å². The zero-order valence-corrected chi connectivity index (χ0v) is 14.6. The number of amides is 1. The first-order valence-electron chi connectivity index (χ1n) is 7.60. The van der Waals surface area contributed by atoms with Crippen LogP contribution in [0.3, 0.4) is 0 Å². The third-order valence-corrected chi connectivity index (χ3v) is 4.32. The molecule has 0 unspecified atom stereocenters. The van der Waals surface area contributed by atoms with Gasteiger partial charge in [0.1, 0.15) is 0 Å². The summed E-state index contributed by atoms with van der Waals surface area (Å²) in [6.45, 7) is 7.74. The highest BCUT2D eigenvalue weighted by Gasteiger charge is 2.16. The van der Waals surface area contributed by atoms with Crippen LogP contribution in [0.2, 0.25) is 5.02 Å². The molecule has 0 fully saturated rings. The molecule has 0 aliphatic carbocycles. The van der Waals surface area contributed by atoms with Crippen molar-refractivity contribution in [3.05, 3.63) is 67.1 Å². The number of hydrogen-bond donors (Lipinski definition) is 2. The van der Waals surface area contributed by atoms with Gasteiger partial charge >= 0.3 is 0 Å². The summed E-state index contributed by atoms with van der Waals surface area (Å²) in [5.41, 5.74) is 4.38. The number of aromatic amines is 1. The van der Waals surface area contributed by atoms with E-state index in [1.807, 2.05) is 39.8 Å². The van der Waals surface area contributed by atoms with Gasteiger partial charge in [0.15, 0.2) is 0 Å². The predicted molar refractivity (Wildman–Crippen MR) is 93.3 cm³/mol. The van der Waals surface area contributed by atoms with Gasteiger partial charge in [0.25, 0.3) is 11.5 Å². The molecular weight excluding hydrogens is 312 g/mol. The number of aromatic nitrogens is 1. The lowest BCUT2D eigenvalue weighted by atomic mass is 9.99. The van der Waals surface area contributed by atoms with Gasteiger partial charge in [-0.25, -0.2) is 0 Å². The molecule has 0 saturated carbocycles. The molecule has 4 nitrogen and oxygen atoms in total. The largest absolute Gasteiger partial charge is 0.348 e. The Balaban J connectivity index is 2.28. The molecule has 0 aliphatic heterocycles. The van der Waals surface area contributed by atoms with Crippen LogP contribution in [-0.4, -0.2) is 10.9 Å². The number of carbonyl (C=O) groups is 1. The Morgan fingerprint density at radius 2 is 1.87 bits per heavy atom. The van der Waals surface area contributed by atoms with E-state index in [1.54, 1.807) is 6.07 Å². The number of nitrogens with one attached hydrogen (secondary N) is 2. The monoisotopic (exact) mass is 332 g/mol. The molecule has 2 N–H and O–H groups in total. The zero-order valence-electron chi connectivity index (χ0n) is 13.8. The van der Waals surface area contributed by atoms with Crippen molar-refractivity contribution in [1.82, 2.24) is 10.3 Å². The molecule has 5 heteroatoms. The second-order valence-corrected chi connectivity index (χ2v) is 6.10. The number of halogens is 1. The Hall–Kier alpha value is -2.07. The summed E-state index contributed by atoms with van der Waals surface area (Å²) in [5, 5.41) is 3.43. The van der Waals surface area contributed by atoms with Crippen LogP contribution in [0.1, 0.15) is 45.2 Å². The lowest BCUT2D eigenvalue weighted by Crippen LogP contribution is -2.29. The van der Waals surface area contributed by atoms with Crippen LogP contribution < -0.4 is 10.9 Å². The summed E-state index contributed by atoms with van der Waals surface area (Å²) in [7, 11) is 0. The van der Waals surface area contributed by atoms with E-state index in [1.165, 1.54) is 0 Å². The normalized spacial score (nSPS) is 10.7. The molecule has 23 heavy (non-hydrogen) atoms. The Morgan fingerprint density at radius 1 is 1.17 bits per heavy atom. The Kier molecular flexibility index (Phi) is 5.26. The number of benzene rings is 1. The molecule has 0 radical (unpaired) electrons. The minimum atomic E-state index is -0.207. The van der Waals surface area contributed by atoms with Gasteiger partial charge in [-0.05, 0) is 56.0 Å². The van der Waals surface area contributed by atoms with Gasteiger partial charge in [-0.2, -0.15) is 0 Å². The summed E-state index contributed by atoms with van der Waals surface area (Å²) >= 11 is 6.20. The predicted octanol–water partition coefficient (Wildman–Crippen LogP) is 3.45. The second kappa shape index (κ2) is 7.01. The molecule has 1 aromatic heterocycles. The topological polar surface area (TPSA) is 62.0 Å². The number of hydrogen-bond acceptors (Lipinski definition) is 2. The van der Waals surface area contributed by atoms with Crippen molar-refractivity contribution in [2.75, 3.05) is 0 Å². The number of H-pyrrole nitrogens is 1. The second-order valence-electron chi connectivity index (χ2n) is 5.70. The van der Waals surface area contributed by atoms with E-state index in [0.29, 0.717) is 22.6 Å². The molecule has 122 valence electrons. The van der Waals surface area contributed by atoms with Gasteiger partial charge < -0.3 is 10.3 Å². The van der Waals surface area contributed by atoms with Gasteiger partial charge in [0.05, 0.1) is 0 Å². The molecule has 1 heterocycles. The fourth-order valence-corrected chi connectivity index (χ4v) is 3.05. The molecule has 1 amide bonds. The van der Waals surface area contributed by atoms with Crippen LogP contribution in [0, 0.1) is 20.8 Å². The van der Waals surface area contributed by atoms with E-state index in [-0.39, 0.29) is 18.0 Å². The van der Waals surface area contributed by atoms with Gasteiger partial charge in [-0.1, -0.05) is 24.6 Å². The minimum Gasteiger partial charge on any atom is -0.348 e. The van der Waals surface area contributed by atoms with E-state index >= 15 is 0 Å². The molecule has 1 aromatic carbocycles.